The van der Waals surface area contributed by atoms with Crippen LogP contribution in [0.3, 0.4) is 0 Å². The molecule has 0 aliphatic rings. The zero-order valence-corrected chi connectivity index (χ0v) is 58.6. The van der Waals surface area contributed by atoms with E-state index >= 15 is 0 Å². The molecule has 0 bridgehead atoms. The number of carbonyl (C=O) groups excluding carboxylic acids is 4. The van der Waals surface area contributed by atoms with Gasteiger partial charge in [-0.3, -0.25) is 37.3 Å². The SMILES string of the molecule is CCCCCCCCCCCCCCCCC(=O)OC[C@H](COP(=O)(O)OC[C@@H](O)COP(=O)(O)OC[C@@H](COC(=O)CCCCCCCCCCC)OC(=O)CCCCCCCCCCCCC)OC(=O)CCCCCCCCCCCCCC(C)C. The van der Waals surface area contributed by atoms with Crippen molar-refractivity contribution in [2.75, 3.05) is 39.6 Å². The number of phosphoric ester groups is 2. The van der Waals surface area contributed by atoms with Gasteiger partial charge in [0, 0.05) is 25.7 Å². The zero-order chi connectivity index (χ0) is 64.9. The number of hydrogen-bond donors (Lipinski definition) is 3. The van der Waals surface area contributed by atoms with Crippen LogP contribution in [0, 0.1) is 5.92 Å². The second kappa shape index (κ2) is 62.5. The predicted octanol–water partition coefficient (Wildman–Crippen LogP) is 19.7. The highest BCUT2D eigenvalue weighted by atomic mass is 31.2. The van der Waals surface area contributed by atoms with Crippen LogP contribution in [0.25, 0.3) is 0 Å². The van der Waals surface area contributed by atoms with Gasteiger partial charge in [-0.2, -0.15) is 0 Å². The molecule has 17 nitrogen and oxygen atoms in total. The van der Waals surface area contributed by atoms with E-state index in [0.29, 0.717) is 25.7 Å². The van der Waals surface area contributed by atoms with Crippen molar-refractivity contribution in [1.82, 2.24) is 0 Å². The van der Waals surface area contributed by atoms with Crippen LogP contribution in [-0.4, -0.2) is 96.7 Å². The lowest BCUT2D eigenvalue weighted by molar-refractivity contribution is -0.161. The van der Waals surface area contributed by atoms with E-state index < -0.39 is 97.5 Å². The van der Waals surface area contributed by atoms with Gasteiger partial charge in [0.1, 0.15) is 19.3 Å². The molecule has 0 aliphatic carbocycles. The molecule has 0 spiro atoms. The van der Waals surface area contributed by atoms with Gasteiger partial charge in [-0.15, -0.1) is 0 Å². The number of ether oxygens (including phenoxy) is 4. The number of aliphatic hydroxyl groups excluding tert-OH is 1. The van der Waals surface area contributed by atoms with Crippen molar-refractivity contribution < 1.29 is 80.2 Å². The van der Waals surface area contributed by atoms with Gasteiger partial charge >= 0.3 is 39.5 Å². The minimum absolute atomic E-state index is 0.107. The van der Waals surface area contributed by atoms with Crippen molar-refractivity contribution in [3.05, 3.63) is 0 Å². The van der Waals surface area contributed by atoms with Crippen molar-refractivity contribution in [3.8, 4) is 0 Å². The molecule has 19 heteroatoms. The number of aliphatic hydroxyl groups is 1. The normalized spacial score (nSPS) is 14.1. The maximum Gasteiger partial charge on any atom is 0.472 e. The Morgan fingerprint density at radius 3 is 0.773 bits per heavy atom. The molecular formula is C69H134O17P2. The largest absolute Gasteiger partial charge is 0.472 e. The van der Waals surface area contributed by atoms with Crippen LogP contribution in [0.5, 0.6) is 0 Å². The Bertz CT molecular complexity index is 1700. The van der Waals surface area contributed by atoms with E-state index in [1.807, 2.05) is 0 Å². The molecule has 0 fully saturated rings. The summed E-state index contributed by atoms with van der Waals surface area (Å²) in [6.45, 7) is 7.23. The zero-order valence-electron chi connectivity index (χ0n) is 56.9. The number of unbranched alkanes of at least 4 members (excludes halogenated alkanes) is 41. The molecule has 5 atom stereocenters. The first-order valence-electron chi connectivity index (χ1n) is 36.1. The molecule has 522 valence electrons. The molecule has 3 N–H and O–H groups in total. The van der Waals surface area contributed by atoms with Gasteiger partial charge in [0.15, 0.2) is 12.2 Å². The van der Waals surface area contributed by atoms with Gasteiger partial charge in [-0.25, -0.2) is 9.13 Å². The van der Waals surface area contributed by atoms with Crippen LogP contribution in [0.2, 0.25) is 0 Å². The maximum atomic E-state index is 13.0. The Hall–Kier alpha value is -1.94. The van der Waals surface area contributed by atoms with Gasteiger partial charge in [0.2, 0.25) is 0 Å². The van der Waals surface area contributed by atoms with Crippen LogP contribution in [0.4, 0.5) is 0 Å². The third-order valence-corrected chi connectivity index (χ3v) is 17.9. The highest BCUT2D eigenvalue weighted by molar-refractivity contribution is 7.47. The number of rotatable bonds is 69. The van der Waals surface area contributed by atoms with E-state index in [1.165, 1.54) is 180 Å². The Morgan fingerprint density at radius 2 is 0.523 bits per heavy atom. The standard InChI is InChI=1S/C69H134O17P2/c1-6-9-12-15-18-21-23-24-25-29-33-38-43-48-53-67(72)80-59-65(86-69(74)55-50-45-40-35-30-26-28-32-36-41-46-51-62(4)5)61-84-88(77,78)82-57-63(70)56-81-87(75,76)83-60-64(58-79-66(71)52-47-42-37-31-20-17-14-11-8-3)85-68(73)54-49-44-39-34-27-22-19-16-13-10-7-2/h62-65,70H,6-61H2,1-5H3,(H,75,76)(H,77,78)/t63-,64+,65+/m0/s1. The van der Waals surface area contributed by atoms with Gasteiger partial charge < -0.3 is 33.8 Å². The number of esters is 4. The minimum Gasteiger partial charge on any atom is -0.462 e. The van der Waals surface area contributed by atoms with Crippen LogP contribution in [0.1, 0.15) is 356 Å². The molecule has 0 radical (unpaired) electrons. The summed E-state index contributed by atoms with van der Waals surface area (Å²) in [7, 11) is -9.89. The summed E-state index contributed by atoms with van der Waals surface area (Å²) in [6, 6.07) is 0. The molecule has 0 aromatic heterocycles. The number of hydrogen-bond acceptors (Lipinski definition) is 15. The van der Waals surface area contributed by atoms with E-state index in [-0.39, 0.29) is 25.7 Å². The molecule has 0 saturated heterocycles. The first-order chi connectivity index (χ1) is 42.5. The third kappa shape index (κ3) is 62.8. The fourth-order valence-electron chi connectivity index (χ4n) is 10.5. The number of phosphoric acid groups is 2. The van der Waals surface area contributed by atoms with Gasteiger partial charge in [0.25, 0.3) is 0 Å². The molecular weight excluding hydrogens is 1160 g/mol. The fourth-order valence-corrected chi connectivity index (χ4v) is 12.0. The van der Waals surface area contributed by atoms with Crippen LogP contribution in [-0.2, 0) is 65.4 Å². The second-order valence-corrected chi connectivity index (χ2v) is 28.3. The summed E-state index contributed by atoms with van der Waals surface area (Å²) in [5, 5.41) is 10.6. The average Bonchev–Trinajstić information content (AvgIpc) is 3.69. The lowest BCUT2D eigenvalue weighted by atomic mass is 10.0. The van der Waals surface area contributed by atoms with E-state index in [1.54, 1.807) is 0 Å². The average molecular weight is 1300 g/mol. The maximum absolute atomic E-state index is 13.0. The molecule has 0 aromatic carbocycles. The summed E-state index contributed by atoms with van der Waals surface area (Å²) < 4.78 is 68.2. The minimum atomic E-state index is -4.95. The smallest absolute Gasteiger partial charge is 0.462 e. The first-order valence-corrected chi connectivity index (χ1v) is 39.1. The van der Waals surface area contributed by atoms with Crippen molar-refractivity contribution >= 4 is 39.5 Å². The Labute approximate surface area is 537 Å². The van der Waals surface area contributed by atoms with Crippen molar-refractivity contribution in [2.45, 2.75) is 374 Å². The molecule has 2 unspecified atom stereocenters. The lowest BCUT2D eigenvalue weighted by Gasteiger charge is -2.21. The van der Waals surface area contributed by atoms with Gasteiger partial charge in [0.05, 0.1) is 26.4 Å². The predicted molar refractivity (Wildman–Crippen MR) is 354 cm³/mol. The second-order valence-electron chi connectivity index (χ2n) is 25.4. The third-order valence-electron chi connectivity index (χ3n) is 16.0. The molecule has 0 saturated carbocycles. The summed E-state index contributed by atoms with van der Waals surface area (Å²) >= 11 is 0. The van der Waals surface area contributed by atoms with Crippen LogP contribution >= 0.6 is 15.6 Å². The fraction of sp³-hybridized carbons (Fsp3) is 0.942. The summed E-state index contributed by atoms with van der Waals surface area (Å²) in [5.41, 5.74) is 0. The highest BCUT2D eigenvalue weighted by Gasteiger charge is 2.30. The molecule has 0 aromatic rings. The Balaban J connectivity index is 5.23. The summed E-state index contributed by atoms with van der Waals surface area (Å²) in [5.74, 6) is -1.36. The molecule has 0 heterocycles. The molecule has 0 amide bonds. The van der Waals surface area contributed by atoms with Crippen LogP contribution < -0.4 is 0 Å². The van der Waals surface area contributed by atoms with E-state index in [0.717, 1.165) is 95.8 Å². The summed E-state index contributed by atoms with van der Waals surface area (Å²) in [6.07, 6.45) is 48.4. The highest BCUT2D eigenvalue weighted by Crippen LogP contribution is 2.45. The molecule has 0 rings (SSSR count). The van der Waals surface area contributed by atoms with Crippen molar-refractivity contribution in [3.63, 3.8) is 0 Å². The Kier molecular flexibility index (Phi) is 61.1. The van der Waals surface area contributed by atoms with Crippen molar-refractivity contribution in [1.29, 1.82) is 0 Å². The Morgan fingerprint density at radius 1 is 0.307 bits per heavy atom. The van der Waals surface area contributed by atoms with E-state index in [2.05, 4.69) is 34.6 Å². The van der Waals surface area contributed by atoms with Crippen molar-refractivity contribution in [2.24, 2.45) is 5.92 Å². The summed E-state index contributed by atoms with van der Waals surface area (Å²) in [4.78, 5) is 72.4. The number of carbonyl (C=O) groups is 4. The van der Waals surface area contributed by atoms with Crippen LogP contribution in [0.15, 0.2) is 0 Å². The van der Waals surface area contributed by atoms with Gasteiger partial charge in [-0.05, 0) is 31.6 Å². The quantitative estimate of drug-likeness (QED) is 0.0222. The van der Waals surface area contributed by atoms with Gasteiger partial charge in [-0.1, -0.05) is 304 Å². The molecule has 0 aliphatic heterocycles. The van der Waals surface area contributed by atoms with E-state index in [4.69, 9.17) is 37.0 Å². The van der Waals surface area contributed by atoms with E-state index in [9.17, 15) is 43.2 Å². The molecule has 88 heavy (non-hydrogen) atoms. The first kappa shape index (κ1) is 86.1. The lowest BCUT2D eigenvalue weighted by Crippen LogP contribution is -2.30. The topological polar surface area (TPSA) is 237 Å². The monoisotopic (exact) mass is 1300 g/mol.